The molecule has 1 aliphatic rings. The normalized spacial score (nSPS) is 22.9. The molecule has 0 spiro atoms. The Balaban J connectivity index is 2.35. The van der Waals surface area contributed by atoms with E-state index >= 15 is 0 Å². The van der Waals surface area contributed by atoms with Crippen LogP contribution in [0.4, 0.5) is 11.4 Å². The predicted molar refractivity (Wildman–Crippen MR) is 71.8 cm³/mol. The largest absolute Gasteiger partial charge is 0.368 e. The predicted octanol–water partition coefficient (Wildman–Crippen LogP) is 1.78. The second kappa shape index (κ2) is 5.24. The lowest BCUT2D eigenvalue weighted by atomic mass is 9.97. The molecule has 19 heavy (non-hydrogen) atoms. The molecular formula is C13H16N4O2. The highest BCUT2D eigenvalue weighted by Crippen LogP contribution is 2.29. The van der Waals surface area contributed by atoms with Gasteiger partial charge in [0, 0.05) is 30.8 Å². The maximum absolute atomic E-state index is 10.7. The number of nitrogens with two attached hydrogens (primary N) is 1. The Kier molecular flexibility index (Phi) is 3.67. The molecule has 0 aromatic heterocycles. The third kappa shape index (κ3) is 2.66. The van der Waals surface area contributed by atoms with Crippen LogP contribution in [0.3, 0.4) is 0 Å². The number of hydrogen-bond acceptors (Lipinski definition) is 5. The van der Waals surface area contributed by atoms with Gasteiger partial charge in [-0.15, -0.1) is 0 Å². The number of piperidine rings is 1. The van der Waals surface area contributed by atoms with Gasteiger partial charge in [0.25, 0.3) is 5.69 Å². The molecule has 0 aliphatic carbocycles. The summed E-state index contributed by atoms with van der Waals surface area (Å²) >= 11 is 0. The van der Waals surface area contributed by atoms with Crippen LogP contribution in [0.15, 0.2) is 18.2 Å². The van der Waals surface area contributed by atoms with Crippen molar-refractivity contribution in [2.75, 3.05) is 11.4 Å². The van der Waals surface area contributed by atoms with Gasteiger partial charge in [0.2, 0.25) is 0 Å². The van der Waals surface area contributed by atoms with Crippen molar-refractivity contribution >= 4 is 11.4 Å². The summed E-state index contributed by atoms with van der Waals surface area (Å²) in [5.41, 5.74) is 6.97. The first-order chi connectivity index (χ1) is 9.02. The molecule has 1 fully saturated rings. The third-order valence-corrected chi connectivity index (χ3v) is 3.54. The van der Waals surface area contributed by atoms with Crippen LogP contribution in [0.5, 0.6) is 0 Å². The van der Waals surface area contributed by atoms with Crippen LogP contribution in [-0.4, -0.2) is 23.6 Å². The number of nitro benzene ring substituents is 1. The molecule has 2 atom stereocenters. The van der Waals surface area contributed by atoms with Crippen LogP contribution in [0, 0.1) is 21.4 Å². The molecule has 0 saturated carbocycles. The quantitative estimate of drug-likeness (QED) is 0.645. The fourth-order valence-electron chi connectivity index (χ4n) is 2.54. The summed E-state index contributed by atoms with van der Waals surface area (Å²) < 4.78 is 0. The lowest BCUT2D eigenvalue weighted by Gasteiger charge is -2.38. The molecule has 2 unspecified atom stereocenters. The molecule has 2 rings (SSSR count). The van der Waals surface area contributed by atoms with E-state index in [4.69, 9.17) is 11.0 Å². The number of nitriles is 1. The first-order valence-corrected chi connectivity index (χ1v) is 6.23. The van der Waals surface area contributed by atoms with Crippen molar-refractivity contribution < 1.29 is 4.92 Å². The average molecular weight is 260 g/mol. The van der Waals surface area contributed by atoms with Crippen LogP contribution in [0.1, 0.15) is 25.3 Å². The van der Waals surface area contributed by atoms with E-state index in [1.807, 2.05) is 6.07 Å². The van der Waals surface area contributed by atoms with E-state index in [0.29, 0.717) is 5.56 Å². The minimum atomic E-state index is -0.486. The van der Waals surface area contributed by atoms with Crippen LogP contribution >= 0.6 is 0 Å². The summed E-state index contributed by atoms with van der Waals surface area (Å²) in [7, 11) is 0. The zero-order valence-corrected chi connectivity index (χ0v) is 10.7. The highest BCUT2D eigenvalue weighted by Gasteiger charge is 2.25. The van der Waals surface area contributed by atoms with Gasteiger partial charge in [-0.2, -0.15) is 5.26 Å². The zero-order valence-electron chi connectivity index (χ0n) is 10.7. The number of non-ortho nitro benzene ring substituents is 1. The monoisotopic (exact) mass is 260 g/mol. The van der Waals surface area contributed by atoms with E-state index in [1.165, 1.54) is 12.1 Å². The van der Waals surface area contributed by atoms with Crippen LogP contribution < -0.4 is 10.6 Å². The highest BCUT2D eigenvalue weighted by molar-refractivity contribution is 5.63. The van der Waals surface area contributed by atoms with Gasteiger partial charge >= 0.3 is 0 Å². The van der Waals surface area contributed by atoms with Gasteiger partial charge in [-0.1, -0.05) is 0 Å². The molecule has 6 heteroatoms. The second-order valence-electron chi connectivity index (χ2n) is 4.90. The first-order valence-electron chi connectivity index (χ1n) is 6.23. The minimum Gasteiger partial charge on any atom is -0.368 e. The smallest absolute Gasteiger partial charge is 0.270 e. The number of anilines is 1. The zero-order chi connectivity index (χ0) is 14.0. The Bertz CT molecular complexity index is 538. The van der Waals surface area contributed by atoms with Crippen molar-refractivity contribution in [1.82, 2.24) is 0 Å². The molecule has 0 radical (unpaired) electrons. The van der Waals surface area contributed by atoms with Crippen molar-refractivity contribution in [3.8, 4) is 6.07 Å². The lowest BCUT2D eigenvalue weighted by molar-refractivity contribution is -0.384. The minimum absolute atomic E-state index is 0.0540. The lowest BCUT2D eigenvalue weighted by Crippen LogP contribution is -2.45. The van der Waals surface area contributed by atoms with Crippen molar-refractivity contribution in [2.45, 2.75) is 31.8 Å². The Morgan fingerprint density at radius 1 is 1.58 bits per heavy atom. The van der Waals surface area contributed by atoms with Gasteiger partial charge in [-0.05, 0) is 25.8 Å². The summed E-state index contributed by atoms with van der Waals surface area (Å²) in [4.78, 5) is 12.3. The van der Waals surface area contributed by atoms with Crippen LogP contribution in [0.2, 0.25) is 0 Å². The Labute approximate surface area is 111 Å². The molecule has 0 bridgehead atoms. The molecule has 0 amide bonds. The number of rotatable bonds is 2. The molecule has 1 aromatic carbocycles. The molecule has 1 aromatic rings. The standard InChI is InChI=1S/C13H16N4O2/c1-9-6-11(15)4-5-16(9)13-3-2-12(17(18)19)7-10(13)8-14/h2-3,7,9,11H,4-6,15H2,1H3. The first kappa shape index (κ1) is 13.3. The van der Waals surface area contributed by atoms with Crippen molar-refractivity contribution in [2.24, 2.45) is 5.73 Å². The maximum atomic E-state index is 10.7. The van der Waals surface area contributed by atoms with Crippen LogP contribution in [-0.2, 0) is 0 Å². The summed E-state index contributed by atoms with van der Waals surface area (Å²) in [6.45, 7) is 2.83. The van der Waals surface area contributed by atoms with Crippen molar-refractivity contribution in [3.63, 3.8) is 0 Å². The van der Waals surface area contributed by atoms with E-state index in [1.54, 1.807) is 6.07 Å². The molecular weight excluding hydrogens is 244 g/mol. The summed E-state index contributed by atoms with van der Waals surface area (Å²) in [5.74, 6) is 0. The van der Waals surface area contributed by atoms with Crippen molar-refractivity contribution in [3.05, 3.63) is 33.9 Å². The summed E-state index contributed by atoms with van der Waals surface area (Å²) in [5, 5.41) is 19.9. The average Bonchev–Trinajstić information content (AvgIpc) is 2.38. The highest BCUT2D eigenvalue weighted by atomic mass is 16.6. The van der Waals surface area contributed by atoms with E-state index in [2.05, 4.69) is 11.8 Å². The van der Waals surface area contributed by atoms with Gasteiger partial charge in [0.05, 0.1) is 16.2 Å². The van der Waals surface area contributed by atoms with Crippen molar-refractivity contribution in [1.29, 1.82) is 5.26 Å². The number of nitro groups is 1. The van der Waals surface area contributed by atoms with Gasteiger partial charge in [-0.25, -0.2) is 0 Å². The number of hydrogen-bond donors (Lipinski definition) is 1. The van der Waals surface area contributed by atoms with E-state index in [9.17, 15) is 10.1 Å². The van der Waals surface area contributed by atoms with E-state index in [0.717, 1.165) is 25.1 Å². The van der Waals surface area contributed by atoms with E-state index < -0.39 is 4.92 Å². The Morgan fingerprint density at radius 3 is 2.89 bits per heavy atom. The molecule has 1 heterocycles. The van der Waals surface area contributed by atoms with Gasteiger partial charge in [0.1, 0.15) is 6.07 Å². The fraction of sp³-hybridized carbons (Fsp3) is 0.462. The number of benzene rings is 1. The summed E-state index contributed by atoms with van der Waals surface area (Å²) in [6, 6.07) is 6.89. The fourth-order valence-corrected chi connectivity index (χ4v) is 2.54. The Hall–Kier alpha value is -2.13. The summed E-state index contributed by atoms with van der Waals surface area (Å²) in [6.07, 6.45) is 1.73. The van der Waals surface area contributed by atoms with Gasteiger partial charge in [0.15, 0.2) is 0 Å². The third-order valence-electron chi connectivity index (χ3n) is 3.54. The molecule has 100 valence electrons. The van der Waals surface area contributed by atoms with E-state index in [-0.39, 0.29) is 17.8 Å². The topological polar surface area (TPSA) is 96.2 Å². The molecule has 2 N–H and O–H groups in total. The number of nitrogens with zero attached hydrogens (tertiary/aromatic N) is 3. The Morgan fingerprint density at radius 2 is 2.32 bits per heavy atom. The SMILES string of the molecule is CC1CC(N)CCN1c1ccc([N+](=O)[O-])cc1C#N. The van der Waals surface area contributed by atoms with Gasteiger partial charge in [-0.3, -0.25) is 10.1 Å². The van der Waals surface area contributed by atoms with Crippen LogP contribution in [0.25, 0.3) is 0 Å². The molecule has 6 nitrogen and oxygen atoms in total. The maximum Gasteiger partial charge on any atom is 0.270 e. The van der Waals surface area contributed by atoms with Gasteiger partial charge < -0.3 is 10.6 Å². The second-order valence-corrected chi connectivity index (χ2v) is 4.90. The molecule has 1 aliphatic heterocycles. The molecule has 1 saturated heterocycles.